The number of thioether (sulfide) groups is 1. The minimum atomic E-state index is 0.464. The second kappa shape index (κ2) is 2.37. The van der Waals surface area contributed by atoms with Crippen molar-refractivity contribution in [1.29, 1.82) is 0 Å². The maximum atomic E-state index is 9.88. The molecule has 0 aromatic rings. The first-order chi connectivity index (χ1) is 3.43. The van der Waals surface area contributed by atoms with Crippen LogP contribution in [0.15, 0.2) is 4.99 Å². The smallest absolute Gasteiger partial charge is 0.215 e. The molecule has 2 nitrogen and oxygen atoms in total. The summed E-state index contributed by atoms with van der Waals surface area (Å²) in [6.45, 7) is 1.74. The summed E-state index contributed by atoms with van der Waals surface area (Å²) in [5, 5.41) is 0. The Bertz CT molecular complexity index is 112. The minimum Gasteiger partial charge on any atom is -0.215 e. The van der Waals surface area contributed by atoms with E-state index in [4.69, 9.17) is 0 Å². The van der Waals surface area contributed by atoms with Gasteiger partial charge in [0.1, 0.15) is 0 Å². The van der Waals surface area contributed by atoms with E-state index in [-0.39, 0.29) is 0 Å². The Morgan fingerprint density at radius 3 is 3.14 bits per heavy atom. The molecule has 0 fully saturated rings. The van der Waals surface area contributed by atoms with Crippen LogP contribution >= 0.6 is 11.8 Å². The summed E-state index contributed by atoms with van der Waals surface area (Å²) in [5.41, 5.74) is 0. The van der Waals surface area contributed by atoms with Gasteiger partial charge in [0.25, 0.3) is 0 Å². The number of nitrogens with zero attached hydrogens (tertiary/aromatic N) is 1. The van der Waals surface area contributed by atoms with E-state index in [0.717, 1.165) is 5.75 Å². The Balaban J connectivity index is 2.51. The molecule has 4 heteroatoms. The SMILES string of the molecule is O=[S+]C1=N[CH]CS1. The van der Waals surface area contributed by atoms with Crippen molar-refractivity contribution in [3.05, 3.63) is 6.54 Å². The van der Waals surface area contributed by atoms with Gasteiger partial charge in [-0.25, -0.2) is 4.99 Å². The molecular formula is C3H3NOS2+. The molecule has 1 aliphatic rings. The van der Waals surface area contributed by atoms with E-state index in [1.165, 1.54) is 11.8 Å². The third-order valence-electron chi connectivity index (χ3n) is 0.549. The van der Waals surface area contributed by atoms with Crippen LogP contribution in [-0.4, -0.2) is 10.1 Å². The van der Waals surface area contributed by atoms with Gasteiger partial charge in [-0.15, -0.1) is 0 Å². The average molecular weight is 133 g/mol. The van der Waals surface area contributed by atoms with E-state index in [1.807, 2.05) is 0 Å². The maximum absolute atomic E-state index is 9.88. The van der Waals surface area contributed by atoms with Crippen molar-refractivity contribution in [3.8, 4) is 0 Å². The van der Waals surface area contributed by atoms with Gasteiger partial charge in [0.05, 0.1) is 6.54 Å². The summed E-state index contributed by atoms with van der Waals surface area (Å²) in [6, 6.07) is 0. The third-order valence-corrected chi connectivity index (χ3v) is 2.02. The van der Waals surface area contributed by atoms with Gasteiger partial charge in [-0.2, -0.15) is 0 Å². The molecule has 1 aliphatic heterocycles. The molecule has 0 aromatic heterocycles. The van der Waals surface area contributed by atoms with Crippen molar-refractivity contribution in [3.63, 3.8) is 0 Å². The molecule has 1 radical (unpaired) electrons. The van der Waals surface area contributed by atoms with Crippen LogP contribution in [0.2, 0.25) is 0 Å². The highest BCUT2D eigenvalue weighted by Crippen LogP contribution is 2.12. The van der Waals surface area contributed by atoms with Crippen molar-refractivity contribution in [1.82, 2.24) is 0 Å². The first kappa shape index (κ1) is 5.18. The number of aliphatic imine (C=N–C) groups is 1. The molecule has 7 heavy (non-hydrogen) atoms. The molecule has 0 saturated heterocycles. The highest BCUT2D eigenvalue weighted by atomic mass is 32.2. The molecule has 0 amide bonds. The average Bonchev–Trinajstić information content (AvgIpc) is 2.14. The molecule has 0 saturated carbocycles. The minimum absolute atomic E-state index is 0.464. The molecule has 0 unspecified atom stereocenters. The molecule has 37 valence electrons. The van der Waals surface area contributed by atoms with Crippen LogP contribution in [0.1, 0.15) is 0 Å². The zero-order valence-corrected chi connectivity index (χ0v) is 5.09. The van der Waals surface area contributed by atoms with Gasteiger partial charge in [-0.05, 0) is 11.8 Å². The van der Waals surface area contributed by atoms with Gasteiger partial charge in [0.15, 0.2) is 0 Å². The van der Waals surface area contributed by atoms with Crippen LogP contribution in [0.5, 0.6) is 0 Å². The van der Waals surface area contributed by atoms with Gasteiger partial charge in [0, 0.05) is 9.96 Å². The predicted octanol–water partition coefficient (Wildman–Crippen LogP) is 0.679. The van der Waals surface area contributed by atoms with Crippen LogP contribution in [0.3, 0.4) is 0 Å². The Labute approximate surface area is 49.9 Å². The van der Waals surface area contributed by atoms with Gasteiger partial charge in [-0.3, -0.25) is 0 Å². The number of hydrogen-bond acceptors (Lipinski definition) is 3. The van der Waals surface area contributed by atoms with Crippen molar-refractivity contribution >= 4 is 27.8 Å². The molecule has 1 rings (SSSR count). The predicted molar refractivity (Wildman–Crippen MR) is 32.2 cm³/mol. The monoisotopic (exact) mass is 133 g/mol. The van der Waals surface area contributed by atoms with Crippen LogP contribution < -0.4 is 0 Å². The summed E-state index contributed by atoms with van der Waals surface area (Å²) < 4.78 is 10.5. The lowest BCUT2D eigenvalue weighted by atomic mass is 10.8. The Morgan fingerprint density at radius 1 is 2.00 bits per heavy atom. The van der Waals surface area contributed by atoms with Gasteiger partial charge in [0.2, 0.25) is 0 Å². The van der Waals surface area contributed by atoms with Crippen LogP contribution in [0.4, 0.5) is 0 Å². The van der Waals surface area contributed by atoms with E-state index < -0.39 is 0 Å². The Hall–Kier alpha value is 0.0400. The number of hydrogen-bond donors (Lipinski definition) is 0. The highest BCUT2D eigenvalue weighted by molar-refractivity contribution is 8.28. The van der Waals surface area contributed by atoms with Crippen LogP contribution in [-0.2, 0) is 15.9 Å². The van der Waals surface area contributed by atoms with E-state index >= 15 is 0 Å². The molecule has 0 atom stereocenters. The second-order valence-corrected chi connectivity index (χ2v) is 2.79. The third kappa shape index (κ3) is 1.21. The van der Waals surface area contributed by atoms with Crippen LogP contribution in [0, 0.1) is 6.54 Å². The zero-order chi connectivity index (χ0) is 5.11. The lowest BCUT2D eigenvalue weighted by Gasteiger charge is -1.64. The first-order valence-electron chi connectivity index (χ1n) is 1.75. The van der Waals surface area contributed by atoms with Crippen LogP contribution in [0.25, 0.3) is 0 Å². The normalized spacial score (nSPS) is 19.1. The van der Waals surface area contributed by atoms with Crippen molar-refractivity contribution in [2.45, 2.75) is 0 Å². The van der Waals surface area contributed by atoms with E-state index in [1.54, 1.807) is 6.54 Å². The summed E-state index contributed by atoms with van der Waals surface area (Å²) in [6.07, 6.45) is 0. The maximum Gasteiger partial charge on any atom is 0.534 e. The summed E-state index contributed by atoms with van der Waals surface area (Å²) in [4.78, 5) is 3.76. The van der Waals surface area contributed by atoms with Gasteiger partial charge < -0.3 is 0 Å². The van der Waals surface area contributed by atoms with E-state index in [0.29, 0.717) is 16.0 Å². The van der Waals surface area contributed by atoms with Gasteiger partial charge >= 0.3 is 16.0 Å². The zero-order valence-electron chi connectivity index (χ0n) is 3.46. The molecule has 0 N–H and O–H groups in total. The Morgan fingerprint density at radius 2 is 2.86 bits per heavy atom. The molecule has 0 aromatic carbocycles. The summed E-state index contributed by atoms with van der Waals surface area (Å²) in [5.74, 6) is 0.866. The van der Waals surface area contributed by atoms with Crippen molar-refractivity contribution < 1.29 is 4.21 Å². The fourth-order valence-corrected chi connectivity index (χ4v) is 1.26. The van der Waals surface area contributed by atoms with Gasteiger partial charge in [-0.1, -0.05) is 0 Å². The lowest BCUT2D eigenvalue weighted by Crippen LogP contribution is -1.77. The van der Waals surface area contributed by atoms with Crippen molar-refractivity contribution in [2.75, 3.05) is 5.75 Å². The number of rotatable bonds is 0. The fraction of sp³-hybridized carbons (Fsp3) is 0.333. The molecule has 0 spiro atoms. The van der Waals surface area contributed by atoms with E-state index in [2.05, 4.69) is 4.99 Å². The largest absolute Gasteiger partial charge is 0.534 e. The summed E-state index contributed by atoms with van der Waals surface area (Å²) >= 11 is 1.95. The standard InChI is InChI=1S/C3H3NOS2/c5-7-3-4-1-2-6-3/h1H,2H2/q+1. The molecule has 0 bridgehead atoms. The second-order valence-electron chi connectivity index (χ2n) is 0.972. The van der Waals surface area contributed by atoms with Crippen molar-refractivity contribution in [2.24, 2.45) is 4.99 Å². The topological polar surface area (TPSA) is 29.4 Å². The summed E-state index contributed by atoms with van der Waals surface area (Å²) in [7, 11) is 0. The Kier molecular flexibility index (Phi) is 1.76. The molecule has 1 heterocycles. The lowest BCUT2D eigenvalue weighted by molar-refractivity contribution is 0.610. The first-order valence-corrected chi connectivity index (χ1v) is 3.48. The molecule has 0 aliphatic carbocycles. The quantitative estimate of drug-likeness (QED) is 0.455. The highest BCUT2D eigenvalue weighted by Gasteiger charge is 2.19. The molecular weight excluding hydrogens is 130 g/mol. The fourth-order valence-electron chi connectivity index (χ4n) is 0.303. The van der Waals surface area contributed by atoms with E-state index in [9.17, 15) is 4.21 Å².